The molecule has 0 amide bonds. The second kappa shape index (κ2) is 9.29. The van der Waals surface area contributed by atoms with Gasteiger partial charge in [0.1, 0.15) is 0 Å². The van der Waals surface area contributed by atoms with Gasteiger partial charge in [-0.2, -0.15) is 0 Å². The van der Waals surface area contributed by atoms with E-state index in [1.807, 2.05) is 12.1 Å². The zero-order chi connectivity index (χ0) is 13.9. The molecule has 1 N–H and O–H groups in total. The van der Waals surface area contributed by atoms with Crippen molar-refractivity contribution in [2.24, 2.45) is 0 Å². The van der Waals surface area contributed by atoms with Gasteiger partial charge < -0.3 is 9.42 Å². The molecule has 0 radical (unpaired) electrons. The highest BCUT2D eigenvalue weighted by molar-refractivity contribution is 7.32. The number of hydrogen-bond donors (Lipinski definition) is 1. The first-order chi connectivity index (χ1) is 9.24. The average Bonchev–Trinajstić information content (AvgIpc) is 2.47. The first-order valence-corrected chi connectivity index (χ1v) is 7.07. The Kier molecular flexibility index (Phi) is 7.52. The molecule has 4 heteroatoms. The normalized spacial score (nSPS) is 11.0. The molecular weight excluding hydrogens is 259 g/mol. The topological polar surface area (TPSA) is 46.5 Å². The monoisotopic (exact) mass is 276 g/mol. The largest absolute Gasteiger partial charge is 0.326 e. The highest BCUT2D eigenvalue weighted by atomic mass is 31.1. The van der Waals surface area contributed by atoms with E-state index in [9.17, 15) is 4.57 Å². The van der Waals surface area contributed by atoms with Crippen LogP contribution in [0.5, 0.6) is 0 Å². The third kappa shape index (κ3) is 6.73. The molecule has 0 heterocycles. The minimum atomic E-state index is -2.72. The molecule has 2 rings (SSSR count). The van der Waals surface area contributed by atoms with Crippen LogP contribution in [-0.2, 0) is 9.09 Å². The second-order valence-electron chi connectivity index (χ2n) is 3.60. The molecule has 1 unspecified atom stereocenters. The molecule has 3 nitrogen and oxygen atoms in total. The fourth-order valence-corrected chi connectivity index (χ4v) is 1.65. The van der Waals surface area contributed by atoms with Gasteiger partial charge in [0.05, 0.1) is 6.61 Å². The second-order valence-corrected chi connectivity index (χ2v) is 4.42. The Morgan fingerprint density at radius 2 is 1.42 bits per heavy atom. The van der Waals surface area contributed by atoms with Gasteiger partial charge in [0.2, 0.25) is 0 Å². The van der Waals surface area contributed by atoms with Gasteiger partial charge >= 0.3 is 8.25 Å². The maximum Gasteiger partial charge on any atom is 0.316 e. The predicted molar refractivity (Wildman–Crippen MR) is 79.2 cm³/mol. The van der Waals surface area contributed by atoms with E-state index < -0.39 is 8.25 Å². The van der Waals surface area contributed by atoms with Crippen LogP contribution in [0.25, 0.3) is 11.1 Å². The third-order valence-corrected chi connectivity index (χ3v) is 2.62. The van der Waals surface area contributed by atoms with Gasteiger partial charge in [0, 0.05) is 0 Å². The summed E-state index contributed by atoms with van der Waals surface area (Å²) in [4.78, 5) is 7.96. The van der Waals surface area contributed by atoms with Crippen LogP contribution in [0.3, 0.4) is 0 Å². The minimum absolute atomic E-state index is 0.147. The summed E-state index contributed by atoms with van der Waals surface area (Å²) in [5.74, 6) is 0. The maximum atomic E-state index is 9.67. The van der Waals surface area contributed by atoms with Crippen molar-refractivity contribution in [2.75, 3.05) is 6.61 Å². The van der Waals surface area contributed by atoms with Crippen molar-refractivity contribution in [1.82, 2.24) is 0 Å². The lowest BCUT2D eigenvalue weighted by Gasteiger charge is -1.98. The van der Waals surface area contributed by atoms with E-state index in [2.05, 4.69) is 59.6 Å². The smallest absolute Gasteiger partial charge is 0.316 e. The van der Waals surface area contributed by atoms with Crippen LogP contribution in [-0.4, -0.2) is 11.5 Å². The molecule has 0 bridgehead atoms. The average molecular weight is 276 g/mol. The number of rotatable bonds is 4. The zero-order valence-electron chi connectivity index (χ0n) is 10.5. The summed E-state index contributed by atoms with van der Waals surface area (Å²) < 4.78 is 13.8. The van der Waals surface area contributed by atoms with Crippen LogP contribution < -0.4 is 0 Å². The van der Waals surface area contributed by atoms with Gasteiger partial charge in [-0.15, -0.1) is 6.58 Å². The van der Waals surface area contributed by atoms with Crippen molar-refractivity contribution >= 4 is 8.25 Å². The molecule has 0 aliphatic heterocycles. The highest BCUT2D eigenvalue weighted by Crippen LogP contribution is 2.17. The summed E-state index contributed by atoms with van der Waals surface area (Å²) in [5.41, 5.74) is 2.55. The highest BCUT2D eigenvalue weighted by Gasteiger charge is 1.91. The lowest BCUT2D eigenvalue weighted by Crippen LogP contribution is -1.75. The SMILES string of the molecule is C=CCO[PH](=O)O.c1ccc(-c2ccccc2)cc1. The van der Waals surface area contributed by atoms with Gasteiger partial charge in [0.15, 0.2) is 0 Å². The lowest BCUT2D eigenvalue weighted by molar-refractivity contribution is 0.312. The van der Waals surface area contributed by atoms with E-state index in [1.165, 1.54) is 17.2 Å². The van der Waals surface area contributed by atoms with Crippen LogP contribution in [0.15, 0.2) is 73.3 Å². The Morgan fingerprint density at radius 3 is 1.68 bits per heavy atom. The van der Waals surface area contributed by atoms with E-state index in [0.717, 1.165) is 0 Å². The predicted octanol–water partition coefficient (Wildman–Crippen LogP) is 3.92. The van der Waals surface area contributed by atoms with Gasteiger partial charge in [0.25, 0.3) is 0 Å². The van der Waals surface area contributed by atoms with Crippen LogP contribution >= 0.6 is 8.25 Å². The van der Waals surface area contributed by atoms with Crippen molar-refractivity contribution in [3.8, 4) is 11.1 Å². The Balaban J connectivity index is 0.000000224. The van der Waals surface area contributed by atoms with Crippen LogP contribution in [0.4, 0.5) is 0 Å². The molecule has 19 heavy (non-hydrogen) atoms. The number of hydrogen-bond acceptors (Lipinski definition) is 2. The standard InChI is InChI=1S/C12H10.C3H7O3P/c1-3-7-11(8-4-1)12-9-5-2-6-10-12;1-2-3-6-7(4)5/h1-10H;2,7H,1,3H2,(H,4,5). The summed E-state index contributed by atoms with van der Waals surface area (Å²) in [6.07, 6.45) is 1.42. The van der Waals surface area contributed by atoms with Crippen molar-refractivity contribution in [2.45, 2.75) is 0 Å². The van der Waals surface area contributed by atoms with Crippen molar-refractivity contribution in [1.29, 1.82) is 0 Å². The Hall–Kier alpha value is -1.67. The summed E-state index contributed by atoms with van der Waals surface area (Å²) in [7, 11) is -2.72. The molecular formula is C15H17O3P. The van der Waals surface area contributed by atoms with E-state index in [0.29, 0.717) is 0 Å². The minimum Gasteiger partial charge on any atom is -0.326 e. The Morgan fingerprint density at radius 1 is 1.00 bits per heavy atom. The molecule has 0 saturated heterocycles. The van der Waals surface area contributed by atoms with E-state index in [-0.39, 0.29) is 6.61 Å². The van der Waals surface area contributed by atoms with Crippen molar-refractivity contribution in [3.05, 3.63) is 73.3 Å². The Labute approximate surface area is 114 Å². The molecule has 0 aliphatic rings. The molecule has 2 aromatic carbocycles. The van der Waals surface area contributed by atoms with Gasteiger partial charge in [-0.05, 0) is 11.1 Å². The van der Waals surface area contributed by atoms with Crippen LogP contribution in [0, 0.1) is 0 Å². The first-order valence-electron chi connectivity index (χ1n) is 5.81. The molecule has 100 valence electrons. The summed E-state index contributed by atoms with van der Waals surface area (Å²) in [5, 5.41) is 0. The zero-order valence-corrected chi connectivity index (χ0v) is 11.5. The molecule has 0 aromatic heterocycles. The van der Waals surface area contributed by atoms with E-state index in [4.69, 9.17) is 4.89 Å². The summed E-state index contributed by atoms with van der Waals surface area (Å²) in [6.45, 7) is 3.42. The molecule has 0 saturated carbocycles. The molecule has 0 fully saturated rings. The fraction of sp³-hybridized carbons (Fsp3) is 0.0667. The summed E-state index contributed by atoms with van der Waals surface area (Å²) >= 11 is 0. The Bertz CT molecular complexity index is 460. The molecule has 1 atom stereocenters. The third-order valence-electron chi connectivity index (χ3n) is 2.21. The first kappa shape index (κ1) is 15.4. The van der Waals surface area contributed by atoms with Crippen molar-refractivity contribution in [3.63, 3.8) is 0 Å². The molecule has 0 spiro atoms. The van der Waals surface area contributed by atoms with Crippen LogP contribution in [0.2, 0.25) is 0 Å². The lowest BCUT2D eigenvalue weighted by atomic mass is 10.1. The van der Waals surface area contributed by atoms with Crippen molar-refractivity contribution < 1.29 is 14.0 Å². The van der Waals surface area contributed by atoms with E-state index in [1.54, 1.807) is 0 Å². The van der Waals surface area contributed by atoms with Gasteiger partial charge in [-0.3, -0.25) is 4.57 Å². The quantitative estimate of drug-likeness (QED) is 0.680. The summed E-state index contributed by atoms with van der Waals surface area (Å²) in [6, 6.07) is 20.8. The molecule has 2 aromatic rings. The maximum absolute atomic E-state index is 9.67. The van der Waals surface area contributed by atoms with Gasteiger partial charge in [-0.25, -0.2) is 0 Å². The molecule has 0 aliphatic carbocycles. The van der Waals surface area contributed by atoms with Gasteiger partial charge in [-0.1, -0.05) is 66.7 Å². The number of benzene rings is 2. The van der Waals surface area contributed by atoms with Crippen LogP contribution in [0.1, 0.15) is 0 Å². The fourth-order valence-electron chi connectivity index (χ4n) is 1.39. The van der Waals surface area contributed by atoms with E-state index >= 15 is 0 Å².